The second kappa shape index (κ2) is 10.8. The van der Waals surface area contributed by atoms with E-state index in [1.807, 2.05) is 61.5 Å². The number of Topliss-reactive ketones (excluding diaryl/α,β-unsaturated/α-hetero) is 1. The van der Waals surface area contributed by atoms with Crippen LogP contribution in [-0.2, 0) is 0 Å². The first-order chi connectivity index (χ1) is 17.6. The van der Waals surface area contributed by atoms with Crippen molar-refractivity contribution in [3.8, 4) is 0 Å². The Morgan fingerprint density at radius 1 is 0.667 bits per heavy atom. The first kappa shape index (κ1) is 24.5. The van der Waals surface area contributed by atoms with Gasteiger partial charge in [-0.1, -0.05) is 66.7 Å². The van der Waals surface area contributed by atoms with Gasteiger partial charge in [0.15, 0.2) is 0 Å². The molecule has 0 aromatic heterocycles. The molecule has 2 atom stereocenters. The number of halogens is 1. The largest absolute Gasteiger partial charge is 0.369 e. The summed E-state index contributed by atoms with van der Waals surface area (Å²) in [5, 5.41) is 0. The van der Waals surface area contributed by atoms with Gasteiger partial charge in [-0.3, -0.25) is 14.6 Å². The molecule has 3 aromatic carbocycles. The molecule has 2 heterocycles. The fraction of sp³-hybridized carbons (Fsp3) is 0.367. The van der Waals surface area contributed by atoms with Crippen LogP contribution < -0.4 is 9.80 Å². The lowest BCUT2D eigenvalue weighted by Gasteiger charge is -2.49. The Balaban J connectivity index is 1.35. The zero-order valence-corrected chi connectivity index (χ0v) is 21.0. The average molecular weight is 487 g/mol. The molecule has 3 aromatic rings. The number of nitrogens with zero attached hydrogens (tertiary/aromatic N) is 4. The molecule has 6 heteroatoms. The van der Waals surface area contributed by atoms with E-state index >= 15 is 4.39 Å². The van der Waals surface area contributed by atoms with Gasteiger partial charge in [0.1, 0.15) is 0 Å². The molecule has 0 bridgehead atoms. The summed E-state index contributed by atoms with van der Waals surface area (Å²) in [4.78, 5) is 22.4. The second-order valence-corrected chi connectivity index (χ2v) is 9.71. The first-order valence-corrected chi connectivity index (χ1v) is 13.0. The van der Waals surface area contributed by atoms with Gasteiger partial charge in [0.25, 0.3) is 0 Å². The molecule has 0 aliphatic carbocycles. The summed E-state index contributed by atoms with van der Waals surface area (Å²) in [6.07, 6.45) is 0. The topological polar surface area (TPSA) is 30.0 Å². The summed E-state index contributed by atoms with van der Waals surface area (Å²) in [5.74, 6) is -2.53. The van der Waals surface area contributed by atoms with Crippen LogP contribution in [0.15, 0.2) is 91.0 Å². The SMILES string of the molecule is CC(N1CCN(c2ccccc2)CC1)C(F)(C(=O)c1ccccc1)N1CCN(c2ccccc2)CC1. The molecule has 5 nitrogen and oxygen atoms in total. The van der Waals surface area contributed by atoms with E-state index < -0.39 is 17.6 Å². The van der Waals surface area contributed by atoms with Gasteiger partial charge < -0.3 is 9.80 Å². The second-order valence-electron chi connectivity index (χ2n) is 9.71. The summed E-state index contributed by atoms with van der Waals surface area (Å²) in [5.41, 5.74) is 2.76. The lowest BCUT2D eigenvalue weighted by molar-refractivity contribution is -0.0707. The Morgan fingerprint density at radius 2 is 1.08 bits per heavy atom. The number of anilines is 2. The fourth-order valence-corrected chi connectivity index (χ4v) is 5.57. The summed E-state index contributed by atoms with van der Waals surface area (Å²) >= 11 is 0. The van der Waals surface area contributed by atoms with E-state index in [0.29, 0.717) is 44.8 Å². The van der Waals surface area contributed by atoms with Crippen molar-refractivity contribution in [2.45, 2.75) is 18.8 Å². The van der Waals surface area contributed by atoms with Crippen LogP contribution in [0.3, 0.4) is 0 Å². The van der Waals surface area contributed by atoms with Gasteiger partial charge in [-0.2, -0.15) is 0 Å². The van der Waals surface area contributed by atoms with E-state index in [-0.39, 0.29) is 0 Å². The molecule has 2 saturated heterocycles. The monoisotopic (exact) mass is 486 g/mol. The third-order valence-corrected chi connectivity index (χ3v) is 7.75. The van der Waals surface area contributed by atoms with Crippen LogP contribution in [-0.4, -0.2) is 79.8 Å². The van der Waals surface area contributed by atoms with Gasteiger partial charge in [-0.15, -0.1) is 0 Å². The normalized spacial score (nSPS) is 20.1. The van der Waals surface area contributed by atoms with Crippen LogP contribution in [0.4, 0.5) is 15.8 Å². The number of benzene rings is 3. The van der Waals surface area contributed by atoms with Gasteiger partial charge in [0.05, 0.1) is 6.04 Å². The smallest absolute Gasteiger partial charge is 0.242 e. The summed E-state index contributed by atoms with van der Waals surface area (Å²) < 4.78 is 17.4. The molecular formula is C30H35FN4O. The minimum absolute atomic E-state index is 0.431. The number of ketones is 1. The van der Waals surface area contributed by atoms with Gasteiger partial charge in [-0.05, 0) is 31.2 Å². The van der Waals surface area contributed by atoms with Gasteiger partial charge >= 0.3 is 0 Å². The Kier molecular flexibility index (Phi) is 7.35. The van der Waals surface area contributed by atoms with Crippen LogP contribution in [0.2, 0.25) is 0 Å². The molecule has 0 radical (unpaired) electrons. The number of rotatable bonds is 7. The molecule has 0 N–H and O–H groups in total. The van der Waals surface area contributed by atoms with Gasteiger partial charge in [0.2, 0.25) is 11.6 Å². The van der Waals surface area contributed by atoms with Crippen molar-refractivity contribution in [2.75, 3.05) is 62.2 Å². The fourth-order valence-electron chi connectivity index (χ4n) is 5.57. The predicted octanol–water partition coefficient (Wildman–Crippen LogP) is 4.57. The Morgan fingerprint density at radius 3 is 1.56 bits per heavy atom. The van der Waals surface area contributed by atoms with Crippen LogP contribution >= 0.6 is 0 Å². The predicted molar refractivity (Wildman–Crippen MR) is 145 cm³/mol. The maximum absolute atomic E-state index is 17.4. The number of hydrogen-bond acceptors (Lipinski definition) is 5. The number of para-hydroxylation sites is 2. The summed E-state index contributed by atoms with van der Waals surface area (Å²) in [6.45, 7) is 7.32. The van der Waals surface area contributed by atoms with E-state index in [1.165, 1.54) is 5.69 Å². The van der Waals surface area contributed by atoms with Crippen molar-refractivity contribution < 1.29 is 9.18 Å². The minimum Gasteiger partial charge on any atom is -0.369 e. The molecule has 0 saturated carbocycles. The molecule has 2 unspecified atom stereocenters. The third kappa shape index (κ3) is 4.88. The number of hydrogen-bond donors (Lipinski definition) is 0. The highest BCUT2D eigenvalue weighted by atomic mass is 19.1. The highest BCUT2D eigenvalue weighted by molar-refractivity contribution is 6.02. The maximum Gasteiger partial charge on any atom is 0.242 e. The molecular weight excluding hydrogens is 451 g/mol. The van der Waals surface area contributed by atoms with E-state index in [0.717, 1.165) is 18.8 Å². The maximum atomic E-state index is 17.4. The van der Waals surface area contributed by atoms with Crippen molar-refractivity contribution in [3.05, 3.63) is 96.6 Å². The van der Waals surface area contributed by atoms with Gasteiger partial charge in [0, 0.05) is 69.3 Å². The zero-order valence-electron chi connectivity index (χ0n) is 21.0. The van der Waals surface area contributed by atoms with Crippen molar-refractivity contribution in [3.63, 3.8) is 0 Å². The lowest BCUT2D eigenvalue weighted by atomic mass is 9.92. The molecule has 0 amide bonds. The lowest BCUT2D eigenvalue weighted by Crippen LogP contribution is -2.68. The quantitative estimate of drug-likeness (QED) is 0.361. The van der Waals surface area contributed by atoms with E-state index in [9.17, 15) is 4.79 Å². The number of alkyl halides is 1. The van der Waals surface area contributed by atoms with Crippen molar-refractivity contribution >= 4 is 17.2 Å². The van der Waals surface area contributed by atoms with Crippen LogP contribution in [0.25, 0.3) is 0 Å². The Hall–Kier alpha value is -3.22. The standard InChI is InChI=1S/C30H35FN4O/c1-25(32-17-19-33(20-18-32)27-13-7-3-8-14-27)30(31,29(36)26-11-5-2-6-12-26)35-23-21-34(22-24-35)28-15-9-4-10-16-28/h2-16,25H,17-24H2,1H3. The van der Waals surface area contributed by atoms with Gasteiger partial charge in [-0.25, -0.2) is 4.39 Å². The minimum atomic E-state index is -2.10. The summed E-state index contributed by atoms with van der Waals surface area (Å²) in [6, 6.07) is 29.0. The highest BCUT2D eigenvalue weighted by Gasteiger charge is 2.52. The van der Waals surface area contributed by atoms with E-state index in [4.69, 9.17) is 0 Å². The van der Waals surface area contributed by atoms with Crippen molar-refractivity contribution in [2.24, 2.45) is 0 Å². The summed E-state index contributed by atoms with van der Waals surface area (Å²) in [7, 11) is 0. The molecule has 2 fully saturated rings. The number of carbonyl (C=O) groups is 1. The molecule has 2 aliphatic rings. The molecule has 0 spiro atoms. The average Bonchev–Trinajstić information content (AvgIpc) is 2.97. The van der Waals surface area contributed by atoms with E-state index in [2.05, 4.69) is 39.0 Å². The highest BCUT2D eigenvalue weighted by Crippen LogP contribution is 2.33. The molecule has 2 aliphatic heterocycles. The Bertz CT molecular complexity index is 1110. The number of piperazine rings is 2. The van der Waals surface area contributed by atoms with Crippen LogP contribution in [0, 0.1) is 0 Å². The number of carbonyl (C=O) groups excluding carboxylic acids is 1. The molecule has 36 heavy (non-hydrogen) atoms. The third-order valence-electron chi connectivity index (χ3n) is 7.75. The van der Waals surface area contributed by atoms with Crippen molar-refractivity contribution in [1.29, 1.82) is 0 Å². The van der Waals surface area contributed by atoms with Crippen LogP contribution in [0.5, 0.6) is 0 Å². The van der Waals surface area contributed by atoms with Crippen LogP contribution in [0.1, 0.15) is 17.3 Å². The van der Waals surface area contributed by atoms with E-state index in [1.54, 1.807) is 17.0 Å². The molecule has 5 rings (SSSR count). The molecule has 188 valence electrons. The Labute approximate surface area is 213 Å². The first-order valence-electron chi connectivity index (χ1n) is 13.0. The van der Waals surface area contributed by atoms with Crippen molar-refractivity contribution in [1.82, 2.24) is 9.80 Å². The zero-order chi connectivity index (χ0) is 25.0.